The van der Waals surface area contributed by atoms with Crippen molar-refractivity contribution < 1.29 is 9.90 Å². The highest BCUT2D eigenvalue weighted by Gasteiger charge is 2.42. The number of hydrogen-bond acceptors (Lipinski definition) is 2. The van der Waals surface area contributed by atoms with Gasteiger partial charge < -0.3 is 5.11 Å². The summed E-state index contributed by atoms with van der Waals surface area (Å²) in [7, 11) is 0. The van der Waals surface area contributed by atoms with E-state index in [9.17, 15) is 4.79 Å². The first kappa shape index (κ1) is 18.9. The van der Waals surface area contributed by atoms with Gasteiger partial charge >= 0.3 is 5.97 Å². The van der Waals surface area contributed by atoms with E-state index in [1.807, 2.05) is 6.08 Å². The van der Waals surface area contributed by atoms with Crippen LogP contribution in [-0.2, 0) is 4.79 Å². The molecule has 116 valence electrons. The first-order chi connectivity index (χ1) is 9.06. The Balaban J connectivity index is 0.000000511. The fourth-order valence-electron chi connectivity index (χ4n) is 3.58. The molecule has 0 radical (unpaired) electrons. The maximum Gasteiger partial charge on any atom is 0.327 e. The molecule has 3 nitrogen and oxygen atoms in total. The summed E-state index contributed by atoms with van der Waals surface area (Å²) in [5.74, 6) is -0.0569. The van der Waals surface area contributed by atoms with E-state index in [0.717, 1.165) is 18.5 Å². The summed E-state index contributed by atoms with van der Waals surface area (Å²) in [6.07, 6.45) is 7.18. The molecule has 0 aromatic rings. The number of carboxylic acid groups (broad SMARTS) is 1. The van der Waals surface area contributed by atoms with Gasteiger partial charge in [-0.2, -0.15) is 0 Å². The zero-order chi connectivity index (χ0) is 16.0. The van der Waals surface area contributed by atoms with Crippen LogP contribution in [0.2, 0.25) is 0 Å². The minimum absolute atomic E-state index is 0.315. The zero-order valence-electron chi connectivity index (χ0n) is 13.9. The Morgan fingerprint density at radius 2 is 1.75 bits per heavy atom. The Morgan fingerprint density at radius 3 is 2.00 bits per heavy atom. The van der Waals surface area contributed by atoms with Crippen LogP contribution in [-0.4, -0.2) is 33.6 Å². The lowest BCUT2D eigenvalue weighted by molar-refractivity contribution is -0.131. The van der Waals surface area contributed by atoms with E-state index in [1.54, 1.807) is 6.92 Å². The van der Waals surface area contributed by atoms with Gasteiger partial charge in [0.2, 0.25) is 0 Å². The number of carboxylic acids is 1. The molecule has 0 bridgehead atoms. The third kappa shape index (κ3) is 5.91. The van der Waals surface area contributed by atoms with Gasteiger partial charge in [-0.05, 0) is 53.4 Å². The Bertz CT molecular complexity index is 338. The van der Waals surface area contributed by atoms with Crippen LogP contribution in [0.3, 0.4) is 0 Å². The number of aliphatic carboxylic acids is 1. The second kappa shape index (κ2) is 7.63. The third-order valence-electron chi connectivity index (χ3n) is 3.78. The third-order valence-corrected chi connectivity index (χ3v) is 3.78. The molecule has 0 atom stereocenters. The van der Waals surface area contributed by atoms with E-state index in [1.165, 1.54) is 18.9 Å². The highest BCUT2D eigenvalue weighted by atomic mass is 16.4. The van der Waals surface area contributed by atoms with Gasteiger partial charge in [-0.25, -0.2) is 4.79 Å². The average Bonchev–Trinajstić information content (AvgIpc) is 2.22. The number of likely N-dealkylation sites (tertiary alicyclic amines) is 1. The molecule has 3 heteroatoms. The number of allylic oxidation sites excluding steroid dienone is 1. The Kier molecular flexibility index (Phi) is 7.21. The molecule has 0 saturated carbocycles. The van der Waals surface area contributed by atoms with E-state index in [4.69, 9.17) is 5.11 Å². The minimum Gasteiger partial charge on any atom is -0.478 e. The number of hydrogen-bond donors (Lipinski definition) is 1. The number of rotatable bonds is 3. The maximum atomic E-state index is 9.51. The second-order valence-corrected chi connectivity index (χ2v) is 6.88. The summed E-state index contributed by atoms with van der Waals surface area (Å²) < 4.78 is 0. The van der Waals surface area contributed by atoms with Gasteiger partial charge in [0.1, 0.15) is 0 Å². The van der Waals surface area contributed by atoms with Gasteiger partial charge in [0.15, 0.2) is 0 Å². The largest absolute Gasteiger partial charge is 0.478 e. The Morgan fingerprint density at radius 1 is 1.30 bits per heavy atom. The average molecular weight is 281 g/mol. The van der Waals surface area contributed by atoms with Gasteiger partial charge in [-0.3, -0.25) is 4.90 Å². The smallest absolute Gasteiger partial charge is 0.327 e. The highest BCUT2D eigenvalue weighted by molar-refractivity contribution is 5.79. The molecule has 0 spiro atoms. The summed E-state index contributed by atoms with van der Waals surface area (Å²) in [4.78, 5) is 12.1. The van der Waals surface area contributed by atoms with E-state index < -0.39 is 5.97 Å². The molecule has 1 N–H and O–H groups in total. The monoisotopic (exact) mass is 281 g/mol. The summed E-state index contributed by atoms with van der Waals surface area (Å²) in [5.41, 5.74) is 0.630. The van der Waals surface area contributed by atoms with E-state index in [2.05, 4.69) is 46.1 Å². The van der Waals surface area contributed by atoms with Gasteiger partial charge in [0.25, 0.3) is 0 Å². The molecule has 0 amide bonds. The topological polar surface area (TPSA) is 40.5 Å². The summed E-state index contributed by atoms with van der Waals surface area (Å²) in [6.45, 7) is 18.3. The number of nitrogens with zero attached hydrogens (tertiary/aromatic N) is 1. The predicted octanol–water partition coefficient (Wildman–Crippen LogP) is 4.11. The van der Waals surface area contributed by atoms with Crippen molar-refractivity contribution in [3.8, 4) is 0 Å². The molecular weight excluding hydrogens is 250 g/mol. The van der Waals surface area contributed by atoms with Crippen LogP contribution in [0.15, 0.2) is 24.8 Å². The number of piperidine rings is 1. The highest BCUT2D eigenvalue weighted by Crippen LogP contribution is 2.40. The lowest BCUT2D eigenvalue weighted by Crippen LogP contribution is -2.60. The SMILES string of the molecule is C/C=C/C(=O)O.C=CCN1C(C)(C)CC(C)CC1(C)C. The molecule has 1 rings (SSSR count). The normalized spacial score (nSPS) is 22.1. The standard InChI is InChI=1S/C13H25N.C4H6O2/c1-7-8-14-12(3,4)9-11(2)10-13(14,5)6;1-2-3-4(5)6/h7,11H,1,8-10H2,2-6H3;2-3H,1H3,(H,5,6)/b;3-2+. The van der Waals surface area contributed by atoms with Crippen molar-refractivity contribution in [2.45, 2.75) is 65.5 Å². The molecule has 1 aliphatic rings. The molecule has 20 heavy (non-hydrogen) atoms. The van der Waals surface area contributed by atoms with Crippen molar-refractivity contribution >= 4 is 5.97 Å². The van der Waals surface area contributed by atoms with Crippen molar-refractivity contribution in [3.63, 3.8) is 0 Å². The van der Waals surface area contributed by atoms with Crippen LogP contribution in [0.5, 0.6) is 0 Å². The molecule has 0 aromatic carbocycles. The van der Waals surface area contributed by atoms with Crippen LogP contribution in [0.4, 0.5) is 0 Å². The van der Waals surface area contributed by atoms with Crippen LogP contribution >= 0.6 is 0 Å². The van der Waals surface area contributed by atoms with Crippen molar-refractivity contribution in [2.75, 3.05) is 6.54 Å². The minimum atomic E-state index is -0.891. The van der Waals surface area contributed by atoms with E-state index in [0.29, 0.717) is 11.1 Å². The molecule has 1 aliphatic heterocycles. The summed E-state index contributed by atoms with van der Waals surface area (Å²) >= 11 is 0. The van der Waals surface area contributed by atoms with Gasteiger partial charge in [-0.1, -0.05) is 19.1 Å². The Hall–Kier alpha value is -1.09. The van der Waals surface area contributed by atoms with Crippen molar-refractivity contribution in [1.29, 1.82) is 0 Å². The lowest BCUT2D eigenvalue weighted by atomic mass is 9.74. The van der Waals surface area contributed by atoms with Crippen LogP contribution in [0.1, 0.15) is 54.4 Å². The first-order valence-electron chi connectivity index (χ1n) is 7.31. The first-order valence-corrected chi connectivity index (χ1v) is 7.31. The van der Waals surface area contributed by atoms with Gasteiger partial charge in [0, 0.05) is 23.7 Å². The predicted molar refractivity (Wildman–Crippen MR) is 85.9 cm³/mol. The summed E-state index contributed by atoms with van der Waals surface area (Å²) in [5, 5.41) is 7.83. The number of carbonyl (C=O) groups is 1. The molecule has 1 saturated heterocycles. The lowest BCUT2D eigenvalue weighted by Gasteiger charge is -2.54. The second-order valence-electron chi connectivity index (χ2n) is 6.88. The quantitative estimate of drug-likeness (QED) is 0.625. The zero-order valence-corrected chi connectivity index (χ0v) is 13.9. The van der Waals surface area contributed by atoms with Gasteiger partial charge in [-0.15, -0.1) is 6.58 Å². The molecule has 1 fully saturated rings. The summed E-state index contributed by atoms with van der Waals surface area (Å²) in [6, 6.07) is 0. The van der Waals surface area contributed by atoms with Crippen LogP contribution < -0.4 is 0 Å². The Labute approximate surface area is 124 Å². The van der Waals surface area contributed by atoms with E-state index in [-0.39, 0.29) is 0 Å². The van der Waals surface area contributed by atoms with Crippen molar-refractivity contribution in [1.82, 2.24) is 4.90 Å². The fourth-order valence-corrected chi connectivity index (χ4v) is 3.58. The fraction of sp³-hybridized carbons (Fsp3) is 0.706. The maximum absolute atomic E-state index is 9.51. The van der Waals surface area contributed by atoms with Crippen LogP contribution in [0, 0.1) is 5.92 Å². The van der Waals surface area contributed by atoms with E-state index >= 15 is 0 Å². The molecule has 0 aromatic heterocycles. The van der Waals surface area contributed by atoms with Crippen molar-refractivity contribution in [3.05, 3.63) is 24.8 Å². The van der Waals surface area contributed by atoms with Gasteiger partial charge in [0.05, 0.1) is 0 Å². The molecule has 0 aliphatic carbocycles. The van der Waals surface area contributed by atoms with Crippen molar-refractivity contribution in [2.24, 2.45) is 5.92 Å². The molecular formula is C17H31NO2. The molecule has 0 unspecified atom stereocenters. The van der Waals surface area contributed by atoms with Crippen LogP contribution in [0.25, 0.3) is 0 Å². The molecule has 1 heterocycles.